The first-order valence-electron chi connectivity index (χ1n) is 9.43. The molecular weight excluding hydrogens is 398 g/mol. The van der Waals surface area contributed by atoms with Crippen molar-refractivity contribution in [2.24, 2.45) is 5.10 Å². The van der Waals surface area contributed by atoms with Gasteiger partial charge in [-0.1, -0.05) is 12.1 Å². The topological polar surface area (TPSA) is 78.4 Å². The van der Waals surface area contributed by atoms with Crippen LogP contribution in [-0.4, -0.2) is 38.6 Å². The third-order valence-corrected chi connectivity index (χ3v) is 3.68. The molecule has 0 saturated carbocycles. The Morgan fingerprint density at radius 1 is 1.00 bits per heavy atom. The van der Waals surface area contributed by atoms with Gasteiger partial charge >= 0.3 is 6.61 Å². The maximum absolute atomic E-state index is 12.6. The number of carbonyl (C=O) groups is 1. The van der Waals surface area contributed by atoms with Gasteiger partial charge < -0.3 is 18.9 Å². The van der Waals surface area contributed by atoms with Crippen LogP contribution in [-0.2, 0) is 0 Å². The maximum Gasteiger partial charge on any atom is 0.387 e. The molecule has 0 spiro atoms. The molecule has 0 unspecified atom stereocenters. The highest BCUT2D eigenvalue weighted by Gasteiger charge is 2.18. The lowest BCUT2D eigenvalue weighted by Crippen LogP contribution is -2.18. The number of carbonyl (C=O) groups excluding carboxylic acids is 1. The number of ether oxygens (including phenoxy) is 4. The molecule has 0 bridgehead atoms. The molecule has 1 amide bonds. The van der Waals surface area contributed by atoms with Gasteiger partial charge in [0, 0.05) is 11.1 Å². The Bertz CT molecular complexity index is 847. The second-order valence-corrected chi connectivity index (χ2v) is 5.72. The average Bonchev–Trinajstić information content (AvgIpc) is 2.71. The number of halogens is 2. The van der Waals surface area contributed by atoms with Crippen LogP contribution in [0.25, 0.3) is 0 Å². The smallest absolute Gasteiger partial charge is 0.387 e. The van der Waals surface area contributed by atoms with Crippen LogP contribution in [0.15, 0.2) is 41.5 Å². The van der Waals surface area contributed by atoms with E-state index in [4.69, 9.17) is 14.2 Å². The Labute approximate surface area is 173 Å². The number of para-hydroxylation sites is 1. The molecule has 162 valence electrons. The molecular formula is C21H24F2N2O5. The largest absolute Gasteiger partial charge is 0.490 e. The highest BCUT2D eigenvalue weighted by Crippen LogP contribution is 2.39. The van der Waals surface area contributed by atoms with E-state index in [2.05, 4.69) is 15.3 Å². The fraction of sp³-hybridized carbons (Fsp3) is 0.333. The van der Waals surface area contributed by atoms with Gasteiger partial charge in [0.1, 0.15) is 5.75 Å². The molecule has 0 heterocycles. The van der Waals surface area contributed by atoms with Crippen LogP contribution in [0.4, 0.5) is 8.78 Å². The van der Waals surface area contributed by atoms with Gasteiger partial charge in [0.15, 0.2) is 11.5 Å². The predicted octanol–water partition coefficient (Wildman–Crippen LogP) is 4.25. The van der Waals surface area contributed by atoms with Crippen LogP contribution in [0, 0.1) is 0 Å². The van der Waals surface area contributed by atoms with Gasteiger partial charge in [0.25, 0.3) is 5.91 Å². The van der Waals surface area contributed by atoms with Crippen LogP contribution in [0.3, 0.4) is 0 Å². The molecule has 2 aromatic rings. The normalized spacial score (nSPS) is 10.9. The molecule has 2 rings (SSSR count). The summed E-state index contributed by atoms with van der Waals surface area (Å²) < 4.78 is 46.2. The maximum atomic E-state index is 12.6. The quantitative estimate of drug-likeness (QED) is 0.433. The summed E-state index contributed by atoms with van der Waals surface area (Å²) in [6, 6.07) is 9.15. The van der Waals surface area contributed by atoms with Crippen LogP contribution >= 0.6 is 0 Å². The van der Waals surface area contributed by atoms with E-state index in [-0.39, 0.29) is 16.9 Å². The Kier molecular flexibility index (Phi) is 8.86. The van der Waals surface area contributed by atoms with Crippen molar-refractivity contribution >= 4 is 12.1 Å². The molecule has 0 fully saturated rings. The minimum absolute atomic E-state index is 0.0520. The zero-order chi connectivity index (χ0) is 21.9. The molecule has 30 heavy (non-hydrogen) atoms. The van der Waals surface area contributed by atoms with Gasteiger partial charge in [0.2, 0.25) is 5.75 Å². The lowest BCUT2D eigenvalue weighted by molar-refractivity contribution is -0.0499. The van der Waals surface area contributed by atoms with Crippen molar-refractivity contribution < 1.29 is 32.5 Å². The number of hydrogen-bond acceptors (Lipinski definition) is 6. The van der Waals surface area contributed by atoms with Crippen LogP contribution in [0.2, 0.25) is 0 Å². The minimum atomic E-state index is -2.97. The molecule has 7 nitrogen and oxygen atoms in total. The fourth-order valence-electron chi connectivity index (χ4n) is 2.54. The third-order valence-electron chi connectivity index (χ3n) is 3.68. The molecule has 1 N–H and O–H groups in total. The fourth-order valence-corrected chi connectivity index (χ4v) is 2.54. The van der Waals surface area contributed by atoms with E-state index in [0.29, 0.717) is 37.1 Å². The summed E-state index contributed by atoms with van der Waals surface area (Å²) in [5.74, 6) is 0.567. The Morgan fingerprint density at radius 2 is 1.60 bits per heavy atom. The van der Waals surface area contributed by atoms with Gasteiger partial charge in [-0.25, -0.2) is 5.43 Å². The summed E-state index contributed by atoms with van der Waals surface area (Å²) in [6.45, 7) is 3.63. The number of rotatable bonds is 11. The first-order valence-corrected chi connectivity index (χ1v) is 9.43. The molecule has 0 atom stereocenters. The van der Waals surface area contributed by atoms with Gasteiger partial charge in [-0.15, -0.1) is 0 Å². The molecule has 0 aliphatic rings. The summed E-state index contributed by atoms with van der Waals surface area (Å²) in [5.41, 5.74) is 2.88. The number of amides is 1. The van der Waals surface area contributed by atoms with E-state index in [1.165, 1.54) is 30.5 Å². The van der Waals surface area contributed by atoms with Gasteiger partial charge in [-0.3, -0.25) is 4.79 Å². The molecule has 0 radical (unpaired) electrons. The zero-order valence-electron chi connectivity index (χ0n) is 17.0. The molecule has 2 aromatic carbocycles. The van der Waals surface area contributed by atoms with E-state index in [9.17, 15) is 13.6 Å². The Balaban J connectivity index is 2.23. The summed E-state index contributed by atoms with van der Waals surface area (Å²) in [6.07, 6.45) is 1.22. The number of nitrogens with one attached hydrogen (secondary N) is 1. The number of hydrazone groups is 1. The zero-order valence-corrected chi connectivity index (χ0v) is 17.0. The minimum Gasteiger partial charge on any atom is -0.490 e. The van der Waals surface area contributed by atoms with E-state index >= 15 is 0 Å². The lowest BCUT2D eigenvalue weighted by atomic mass is 10.1. The van der Waals surface area contributed by atoms with Crippen molar-refractivity contribution in [1.82, 2.24) is 5.43 Å². The lowest BCUT2D eigenvalue weighted by Gasteiger charge is -2.16. The highest BCUT2D eigenvalue weighted by atomic mass is 19.3. The van der Waals surface area contributed by atoms with Crippen molar-refractivity contribution in [1.29, 1.82) is 0 Å². The summed E-state index contributed by atoms with van der Waals surface area (Å²) in [7, 11) is 0. The van der Waals surface area contributed by atoms with Crippen molar-refractivity contribution in [3.63, 3.8) is 0 Å². The highest BCUT2D eigenvalue weighted by molar-refractivity contribution is 5.96. The first-order chi connectivity index (χ1) is 14.5. The summed E-state index contributed by atoms with van der Waals surface area (Å²) in [5, 5.41) is 3.83. The number of hydrogen-bond donors (Lipinski definition) is 1. The average molecular weight is 422 g/mol. The van der Waals surface area contributed by atoms with Crippen molar-refractivity contribution in [2.45, 2.75) is 27.4 Å². The van der Waals surface area contributed by atoms with Crippen molar-refractivity contribution in [3.05, 3.63) is 47.5 Å². The molecule has 0 aliphatic carbocycles. The summed E-state index contributed by atoms with van der Waals surface area (Å²) in [4.78, 5) is 12.6. The monoisotopic (exact) mass is 422 g/mol. The van der Waals surface area contributed by atoms with Gasteiger partial charge in [-0.05, 0) is 45.0 Å². The van der Waals surface area contributed by atoms with Crippen LogP contribution < -0.4 is 24.4 Å². The van der Waals surface area contributed by atoms with Crippen molar-refractivity contribution in [2.75, 3.05) is 19.8 Å². The van der Waals surface area contributed by atoms with E-state index in [1.54, 1.807) is 12.1 Å². The molecule has 0 aliphatic heterocycles. The third kappa shape index (κ3) is 6.33. The van der Waals surface area contributed by atoms with Gasteiger partial charge in [0.05, 0.1) is 26.0 Å². The van der Waals surface area contributed by atoms with Crippen LogP contribution in [0.1, 0.15) is 36.7 Å². The SMILES string of the molecule is CCOc1cc(C(=O)NN=Cc2ccccc2OC(F)F)cc(OCC)c1OCC. The molecule has 0 saturated heterocycles. The van der Waals surface area contributed by atoms with Crippen LogP contribution in [0.5, 0.6) is 23.0 Å². The molecule has 0 aromatic heterocycles. The molecule has 9 heteroatoms. The summed E-state index contributed by atoms with van der Waals surface area (Å²) >= 11 is 0. The predicted molar refractivity (Wildman–Crippen MR) is 108 cm³/mol. The second kappa shape index (κ2) is 11.6. The van der Waals surface area contributed by atoms with E-state index in [0.717, 1.165) is 0 Å². The number of nitrogens with zero attached hydrogens (tertiary/aromatic N) is 1. The Morgan fingerprint density at radius 3 is 2.17 bits per heavy atom. The number of benzene rings is 2. The van der Waals surface area contributed by atoms with Gasteiger partial charge in [-0.2, -0.15) is 13.9 Å². The number of alkyl halides is 2. The second-order valence-electron chi connectivity index (χ2n) is 5.72. The standard InChI is InChI=1S/C21H24F2N2O5/c1-4-27-17-11-15(12-18(28-5-2)19(17)29-6-3)20(26)25-24-13-14-9-7-8-10-16(14)30-21(22)23/h7-13,21H,4-6H2,1-3H3,(H,25,26). The van der Waals surface area contributed by atoms with E-state index < -0.39 is 12.5 Å². The Hall–Kier alpha value is -3.36. The first kappa shape index (κ1) is 22.9. The van der Waals surface area contributed by atoms with E-state index in [1.807, 2.05) is 20.8 Å². The van der Waals surface area contributed by atoms with Crippen molar-refractivity contribution in [3.8, 4) is 23.0 Å².